The highest BCUT2D eigenvalue weighted by Gasteiger charge is 2.16. The summed E-state index contributed by atoms with van der Waals surface area (Å²) in [6.07, 6.45) is 0. The molecule has 0 aliphatic heterocycles. The number of hydrogen-bond acceptors (Lipinski definition) is 3. The van der Waals surface area contributed by atoms with Crippen LogP contribution in [0.1, 0.15) is 10.4 Å². The molecule has 0 spiro atoms. The third kappa shape index (κ3) is 2.58. The number of halogens is 2. The van der Waals surface area contributed by atoms with Crippen LogP contribution < -0.4 is 0 Å². The molecule has 0 aromatic heterocycles. The minimum Gasteiger partial charge on any atom is -0.478 e. The molecule has 1 aromatic carbocycles. The lowest BCUT2D eigenvalue weighted by molar-refractivity contribution is 0.0696. The van der Waals surface area contributed by atoms with Crippen molar-refractivity contribution in [3.63, 3.8) is 0 Å². The van der Waals surface area contributed by atoms with Crippen LogP contribution >= 0.6 is 33.3 Å². The van der Waals surface area contributed by atoms with E-state index < -0.39 is 15.0 Å². The predicted octanol–water partition coefficient (Wildman–Crippen LogP) is 1.92. The van der Waals surface area contributed by atoms with Crippen LogP contribution in [0.4, 0.5) is 0 Å². The number of carboxylic acid groups (broad SMARTS) is 1. The van der Waals surface area contributed by atoms with Gasteiger partial charge in [-0.2, -0.15) is 0 Å². The summed E-state index contributed by atoms with van der Waals surface area (Å²) in [5.74, 6) is -1.19. The van der Waals surface area contributed by atoms with Crippen LogP contribution in [0, 0.1) is 3.57 Å². The molecule has 0 radical (unpaired) electrons. The summed E-state index contributed by atoms with van der Waals surface area (Å²) in [6, 6.07) is 3.74. The lowest BCUT2D eigenvalue weighted by Crippen LogP contribution is -2.01. The van der Waals surface area contributed by atoms with Crippen molar-refractivity contribution in [2.24, 2.45) is 0 Å². The lowest BCUT2D eigenvalue weighted by Gasteiger charge is -2.01. The molecule has 0 saturated carbocycles. The number of carboxylic acids is 1. The van der Waals surface area contributed by atoms with E-state index in [0.29, 0.717) is 3.57 Å². The molecule has 4 nitrogen and oxygen atoms in total. The Labute approximate surface area is 98.4 Å². The Morgan fingerprint density at radius 1 is 1.43 bits per heavy atom. The van der Waals surface area contributed by atoms with Gasteiger partial charge in [0, 0.05) is 14.3 Å². The molecule has 1 aromatic rings. The first kappa shape index (κ1) is 11.7. The van der Waals surface area contributed by atoms with Crippen LogP contribution in [0.5, 0.6) is 0 Å². The topological polar surface area (TPSA) is 71.4 Å². The fraction of sp³-hybridized carbons (Fsp3) is 0. The highest BCUT2D eigenvalue weighted by atomic mass is 127. The largest absolute Gasteiger partial charge is 0.478 e. The van der Waals surface area contributed by atoms with Crippen molar-refractivity contribution >= 4 is 48.3 Å². The summed E-state index contributed by atoms with van der Waals surface area (Å²) < 4.78 is 22.4. The zero-order valence-electron chi connectivity index (χ0n) is 6.57. The van der Waals surface area contributed by atoms with E-state index in [0.717, 1.165) is 6.07 Å². The summed E-state index contributed by atoms with van der Waals surface area (Å²) in [5, 5.41) is 8.63. The van der Waals surface area contributed by atoms with E-state index >= 15 is 0 Å². The van der Waals surface area contributed by atoms with Gasteiger partial charge in [0.25, 0.3) is 9.05 Å². The van der Waals surface area contributed by atoms with Crippen LogP contribution in [0.15, 0.2) is 23.1 Å². The van der Waals surface area contributed by atoms with Gasteiger partial charge < -0.3 is 5.11 Å². The van der Waals surface area contributed by atoms with E-state index in [4.69, 9.17) is 15.8 Å². The van der Waals surface area contributed by atoms with Crippen LogP contribution in [-0.2, 0) is 9.05 Å². The van der Waals surface area contributed by atoms with E-state index in [1.165, 1.54) is 12.1 Å². The predicted molar refractivity (Wildman–Crippen MR) is 59.2 cm³/mol. The van der Waals surface area contributed by atoms with Crippen LogP contribution in [-0.4, -0.2) is 19.5 Å². The quantitative estimate of drug-likeness (QED) is 0.656. The highest BCUT2D eigenvalue weighted by Crippen LogP contribution is 2.22. The SMILES string of the molecule is O=C(O)c1ccc(I)c(S(=O)(=O)Cl)c1. The van der Waals surface area contributed by atoms with Crippen molar-refractivity contribution in [2.75, 3.05) is 0 Å². The monoisotopic (exact) mass is 346 g/mol. The lowest BCUT2D eigenvalue weighted by atomic mass is 10.2. The number of aromatic carboxylic acids is 1. The van der Waals surface area contributed by atoms with Gasteiger partial charge in [0.2, 0.25) is 0 Å². The smallest absolute Gasteiger partial charge is 0.335 e. The fourth-order valence-electron chi connectivity index (χ4n) is 0.823. The first-order valence-electron chi connectivity index (χ1n) is 3.30. The molecule has 0 unspecified atom stereocenters. The second-order valence-corrected chi connectivity index (χ2v) is 6.08. The molecule has 76 valence electrons. The van der Waals surface area contributed by atoms with Gasteiger partial charge in [-0.15, -0.1) is 0 Å². The van der Waals surface area contributed by atoms with Crippen LogP contribution in [0.2, 0.25) is 0 Å². The highest BCUT2D eigenvalue weighted by molar-refractivity contribution is 14.1. The van der Waals surface area contributed by atoms with Crippen molar-refractivity contribution in [2.45, 2.75) is 4.90 Å². The fourth-order valence-corrected chi connectivity index (χ4v) is 3.37. The van der Waals surface area contributed by atoms with E-state index in [1.54, 1.807) is 22.6 Å². The molecule has 1 rings (SSSR count). The van der Waals surface area contributed by atoms with Gasteiger partial charge >= 0.3 is 5.97 Å². The number of hydrogen-bond donors (Lipinski definition) is 1. The van der Waals surface area contributed by atoms with E-state index in [2.05, 4.69) is 0 Å². The average molecular weight is 347 g/mol. The third-order valence-corrected chi connectivity index (χ3v) is 4.11. The molecule has 0 bridgehead atoms. The Bertz CT molecular complexity index is 482. The second-order valence-electron chi connectivity index (χ2n) is 2.39. The van der Waals surface area contributed by atoms with Crippen molar-refractivity contribution in [3.05, 3.63) is 27.3 Å². The normalized spacial score (nSPS) is 11.3. The zero-order valence-corrected chi connectivity index (χ0v) is 10.3. The zero-order chi connectivity index (χ0) is 10.9. The maximum Gasteiger partial charge on any atom is 0.335 e. The van der Waals surface area contributed by atoms with E-state index in [9.17, 15) is 13.2 Å². The van der Waals surface area contributed by atoms with Gasteiger partial charge in [0.05, 0.1) is 10.5 Å². The van der Waals surface area contributed by atoms with Gasteiger partial charge in [-0.25, -0.2) is 13.2 Å². The number of carbonyl (C=O) groups is 1. The Balaban J connectivity index is 3.44. The van der Waals surface area contributed by atoms with Crippen LogP contribution in [0.25, 0.3) is 0 Å². The number of rotatable bonds is 2. The number of benzene rings is 1. The summed E-state index contributed by atoms with van der Waals surface area (Å²) in [7, 11) is 1.23. The molecule has 0 aliphatic rings. The van der Waals surface area contributed by atoms with Gasteiger partial charge in [-0.05, 0) is 40.8 Å². The van der Waals surface area contributed by atoms with Crippen LogP contribution in [0.3, 0.4) is 0 Å². The Hall–Kier alpha value is -0.340. The van der Waals surface area contributed by atoms with Crippen molar-refractivity contribution in [1.29, 1.82) is 0 Å². The first-order valence-corrected chi connectivity index (χ1v) is 6.68. The van der Waals surface area contributed by atoms with Crippen molar-refractivity contribution in [1.82, 2.24) is 0 Å². The Morgan fingerprint density at radius 3 is 2.43 bits per heavy atom. The molecule has 14 heavy (non-hydrogen) atoms. The van der Waals surface area contributed by atoms with Gasteiger partial charge in [0.15, 0.2) is 0 Å². The minimum atomic E-state index is -3.89. The summed E-state index contributed by atoms with van der Waals surface area (Å²) in [5.41, 5.74) is -0.107. The molecule has 0 saturated heterocycles. The molecular weight excluding hydrogens is 342 g/mol. The molecule has 0 aliphatic carbocycles. The molecule has 0 heterocycles. The van der Waals surface area contributed by atoms with Crippen molar-refractivity contribution in [3.8, 4) is 0 Å². The first-order chi connectivity index (χ1) is 6.32. The molecule has 1 N–H and O–H groups in total. The summed E-state index contributed by atoms with van der Waals surface area (Å²) >= 11 is 1.77. The Morgan fingerprint density at radius 2 is 2.00 bits per heavy atom. The van der Waals surface area contributed by atoms with Gasteiger partial charge in [-0.3, -0.25) is 0 Å². The van der Waals surface area contributed by atoms with Crippen molar-refractivity contribution < 1.29 is 18.3 Å². The second kappa shape index (κ2) is 4.03. The van der Waals surface area contributed by atoms with Gasteiger partial charge in [-0.1, -0.05) is 0 Å². The van der Waals surface area contributed by atoms with E-state index in [-0.39, 0.29) is 10.5 Å². The summed E-state index contributed by atoms with van der Waals surface area (Å²) in [6.45, 7) is 0. The standard InChI is InChI=1S/C7H4ClIO4S/c8-14(12,13)6-3-4(7(10)11)1-2-5(6)9/h1-3H,(H,10,11). The maximum absolute atomic E-state index is 11.0. The summed E-state index contributed by atoms with van der Waals surface area (Å²) in [4.78, 5) is 10.4. The third-order valence-electron chi connectivity index (χ3n) is 1.44. The molecular formula is C7H4ClIO4S. The molecule has 7 heteroatoms. The minimum absolute atomic E-state index is 0.107. The van der Waals surface area contributed by atoms with Gasteiger partial charge in [0.1, 0.15) is 0 Å². The Kier molecular flexibility index (Phi) is 3.38. The van der Waals surface area contributed by atoms with E-state index in [1.807, 2.05) is 0 Å². The molecule has 0 amide bonds. The maximum atomic E-state index is 11.0. The molecule has 0 fully saturated rings. The average Bonchev–Trinajstić information content (AvgIpc) is 2.02. The molecule has 0 atom stereocenters.